The highest BCUT2D eigenvalue weighted by molar-refractivity contribution is 6.32. The van der Waals surface area contributed by atoms with Gasteiger partial charge in [0.25, 0.3) is 0 Å². The van der Waals surface area contributed by atoms with Crippen LogP contribution in [0.25, 0.3) is 0 Å². The molecule has 0 aliphatic carbocycles. The van der Waals surface area contributed by atoms with E-state index in [2.05, 4.69) is 10.6 Å². The second-order valence-electron chi connectivity index (χ2n) is 4.86. The predicted molar refractivity (Wildman–Crippen MR) is 90.9 cm³/mol. The summed E-state index contributed by atoms with van der Waals surface area (Å²) in [5, 5.41) is 15.3. The van der Waals surface area contributed by atoms with Crippen LogP contribution in [0.15, 0.2) is 42.5 Å². The predicted octanol–water partition coefficient (Wildman–Crippen LogP) is 3.66. The average Bonchev–Trinajstić information content (AvgIpc) is 2.55. The van der Waals surface area contributed by atoms with Gasteiger partial charge in [-0.1, -0.05) is 23.7 Å². The van der Waals surface area contributed by atoms with Crippen molar-refractivity contribution in [1.82, 2.24) is 0 Å². The van der Waals surface area contributed by atoms with Gasteiger partial charge in [0, 0.05) is 5.69 Å². The van der Waals surface area contributed by atoms with Crippen LogP contribution >= 0.6 is 11.6 Å². The zero-order valence-electron chi connectivity index (χ0n) is 12.8. The minimum absolute atomic E-state index is 0.250. The maximum absolute atomic E-state index is 12.3. The zero-order chi connectivity index (χ0) is 16.8. The van der Waals surface area contributed by atoms with Gasteiger partial charge in [-0.3, -0.25) is 4.79 Å². The van der Waals surface area contributed by atoms with Crippen molar-refractivity contribution < 1.29 is 9.53 Å². The number of para-hydroxylation sites is 1. The number of halogens is 1. The molecule has 0 unspecified atom stereocenters. The highest BCUT2D eigenvalue weighted by atomic mass is 35.5. The first kappa shape index (κ1) is 16.7. The number of ether oxygens (including phenoxy) is 1. The van der Waals surface area contributed by atoms with Gasteiger partial charge in [0.05, 0.1) is 23.4 Å². The number of carbonyl (C=O) groups excluding carboxylic acids is 1. The Morgan fingerprint density at radius 3 is 2.70 bits per heavy atom. The van der Waals surface area contributed by atoms with Crippen LogP contribution in [0.5, 0.6) is 5.75 Å². The van der Waals surface area contributed by atoms with E-state index in [0.717, 1.165) is 0 Å². The Morgan fingerprint density at radius 1 is 1.30 bits per heavy atom. The number of methoxy groups -OCH3 is 1. The van der Waals surface area contributed by atoms with Crippen LogP contribution in [0.4, 0.5) is 11.4 Å². The molecule has 0 spiro atoms. The van der Waals surface area contributed by atoms with Gasteiger partial charge in [0.15, 0.2) is 0 Å². The molecule has 2 N–H and O–H groups in total. The Balaban J connectivity index is 2.06. The van der Waals surface area contributed by atoms with E-state index >= 15 is 0 Å². The van der Waals surface area contributed by atoms with Crippen LogP contribution in [-0.4, -0.2) is 19.1 Å². The Hall–Kier alpha value is -2.71. The number of nitrogens with zero attached hydrogens (tertiary/aromatic N) is 1. The molecule has 0 saturated heterocycles. The standard InChI is InChI=1S/C17H16ClN3O2/c1-11(20-13-7-8-16(23-2)14(18)9-13)17(22)21-15-6-4-3-5-12(15)10-19/h3-9,11,20H,1-2H3,(H,21,22)/t11-/m1/s1. The molecule has 118 valence electrons. The van der Waals surface area contributed by atoms with E-state index < -0.39 is 6.04 Å². The highest BCUT2D eigenvalue weighted by Gasteiger charge is 2.15. The van der Waals surface area contributed by atoms with Crippen LogP contribution in [0.1, 0.15) is 12.5 Å². The minimum atomic E-state index is -0.508. The number of benzene rings is 2. The van der Waals surface area contributed by atoms with Gasteiger partial charge in [-0.05, 0) is 37.3 Å². The second kappa shape index (κ2) is 7.52. The fraction of sp³-hybridized carbons (Fsp3) is 0.176. The topological polar surface area (TPSA) is 74.2 Å². The first-order valence-corrected chi connectivity index (χ1v) is 7.33. The Bertz CT molecular complexity index is 756. The van der Waals surface area contributed by atoms with Crippen molar-refractivity contribution >= 4 is 28.9 Å². The van der Waals surface area contributed by atoms with Gasteiger partial charge in [-0.2, -0.15) is 5.26 Å². The molecule has 0 heterocycles. The lowest BCUT2D eigenvalue weighted by Gasteiger charge is -2.16. The number of anilines is 2. The van der Waals surface area contributed by atoms with Crippen molar-refractivity contribution in [3.8, 4) is 11.8 Å². The summed E-state index contributed by atoms with van der Waals surface area (Å²) in [5.41, 5.74) is 1.61. The summed E-state index contributed by atoms with van der Waals surface area (Å²) in [7, 11) is 1.54. The molecular formula is C17H16ClN3O2. The molecule has 2 aromatic carbocycles. The van der Waals surface area contributed by atoms with Crippen LogP contribution in [0.3, 0.4) is 0 Å². The van der Waals surface area contributed by atoms with Crippen molar-refractivity contribution in [3.63, 3.8) is 0 Å². The third-order valence-electron chi connectivity index (χ3n) is 3.23. The summed E-state index contributed by atoms with van der Waals surface area (Å²) in [5.74, 6) is 0.317. The molecule has 2 rings (SSSR count). The quantitative estimate of drug-likeness (QED) is 0.878. The van der Waals surface area contributed by atoms with E-state index in [1.54, 1.807) is 49.4 Å². The molecule has 5 nitrogen and oxygen atoms in total. The third-order valence-corrected chi connectivity index (χ3v) is 3.53. The van der Waals surface area contributed by atoms with Gasteiger partial charge in [-0.15, -0.1) is 0 Å². The molecule has 1 atom stereocenters. The molecule has 0 aromatic heterocycles. The maximum atomic E-state index is 12.3. The van der Waals surface area contributed by atoms with E-state index in [1.807, 2.05) is 6.07 Å². The van der Waals surface area contributed by atoms with Gasteiger partial charge in [-0.25, -0.2) is 0 Å². The van der Waals surface area contributed by atoms with Crippen LogP contribution < -0.4 is 15.4 Å². The largest absolute Gasteiger partial charge is 0.495 e. The molecule has 0 aliphatic rings. The van der Waals surface area contributed by atoms with Gasteiger partial charge in [0.1, 0.15) is 17.9 Å². The summed E-state index contributed by atoms with van der Waals surface area (Å²) in [4.78, 5) is 12.3. The van der Waals surface area contributed by atoms with Crippen LogP contribution in [0, 0.1) is 11.3 Å². The normalized spacial score (nSPS) is 11.2. The summed E-state index contributed by atoms with van der Waals surface area (Å²) in [6.45, 7) is 1.72. The highest BCUT2D eigenvalue weighted by Crippen LogP contribution is 2.27. The minimum Gasteiger partial charge on any atom is -0.495 e. The molecule has 23 heavy (non-hydrogen) atoms. The maximum Gasteiger partial charge on any atom is 0.246 e. The first-order valence-electron chi connectivity index (χ1n) is 6.95. The molecule has 0 bridgehead atoms. The number of rotatable bonds is 5. The van der Waals surface area contributed by atoms with E-state index in [9.17, 15) is 4.79 Å². The Labute approximate surface area is 139 Å². The summed E-state index contributed by atoms with van der Waals surface area (Å²) in [6.07, 6.45) is 0. The third kappa shape index (κ3) is 4.15. The molecule has 0 fully saturated rings. The van der Waals surface area contributed by atoms with Crippen molar-refractivity contribution in [1.29, 1.82) is 5.26 Å². The smallest absolute Gasteiger partial charge is 0.246 e. The van der Waals surface area contributed by atoms with Gasteiger partial charge >= 0.3 is 0 Å². The van der Waals surface area contributed by atoms with Crippen molar-refractivity contribution in [2.45, 2.75) is 13.0 Å². The first-order chi connectivity index (χ1) is 11.0. The summed E-state index contributed by atoms with van der Waals surface area (Å²) >= 11 is 6.06. The number of amides is 1. The van der Waals surface area contributed by atoms with E-state index in [-0.39, 0.29) is 5.91 Å². The van der Waals surface area contributed by atoms with Crippen molar-refractivity contribution in [2.75, 3.05) is 17.7 Å². The van der Waals surface area contributed by atoms with Gasteiger partial charge in [0.2, 0.25) is 5.91 Å². The molecule has 0 saturated carbocycles. The SMILES string of the molecule is COc1ccc(N[C@H](C)C(=O)Nc2ccccc2C#N)cc1Cl. The number of nitriles is 1. The molecule has 2 aromatic rings. The van der Waals surface area contributed by atoms with Crippen molar-refractivity contribution in [3.05, 3.63) is 53.1 Å². The second-order valence-corrected chi connectivity index (χ2v) is 5.27. The average molecular weight is 330 g/mol. The molecule has 0 radical (unpaired) electrons. The zero-order valence-corrected chi connectivity index (χ0v) is 13.5. The Morgan fingerprint density at radius 2 is 2.04 bits per heavy atom. The summed E-state index contributed by atoms with van der Waals surface area (Å²) in [6, 6.07) is 13.6. The molecule has 0 aliphatic heterocycles. The fourth-order valence-corrected chi connectivity index (χ4v) is 2.26. The molecule has 1 amide bonds. The molecular weight excluding hydrogens is 314 g/mol. The number of hydrogen-bond donors (Lipinski definition) is 2. The molecule has 6 heteroatoms. The lowest BCUT2D eigenvalue weighted by Crippen LogP contribution is -2.32. The van der Waals surface area contributed by atoms with E-state index in [1.165, 1.54) is 7.11 Å². The Kier molecular flexibility index (Phi) is 5.45. The van der Waals surface area contributed by atoms with E-state index in [4.69, 9.17) is 21.6 Å². The lowest BCUT2D eigenvalue weighted by atomic mass is 10.2. The van der Waals surface area contributed by atoms with Gasteiger partial charge < -0.3 is 15.4 Å². The number of carbonyl (C=O) groups is 1. The summed E-state index contributed by atoms with van der Waals surface area (Å²) < 4.78 is 5.09. The number of nitrogens with one attached hydrogen (secondary N) is 2. The fourth-order valence-electron chi connectivity index (χ4n) is 2.00. The van der Waals surface area contributed by atoms with Crippen LogP contribution in [-0.2, 0) is 4.79 Å². The monoisotopic (exact) mass is 329 g/mol. The van der Waals surface area contributed by atoms with E-state index in [0.29, 0.717) is 27.7 Å². The number of hydrogen-bond acceptors (Lipinski definition) is 4. The van der Waals surface area contributed by atoms with Crippen molar-refractivity contribution in [2.24, 2.45) is 0 Å². The van der Waals surface area contributed by atoms with Crippen LogP contribution in [0.2, 0.25) is 5.02 Å². The lowest BCUT2D eigenvalue weighted by molar-refractivity contribution is -0.116.